The summed E-state index contributed by atoms with van der Waals surface area (Å²) in [6.07, 6.45) is 11.6. The van der Waals surface area contributed by atoms with Crippen molar-refractivity contribution < 1.29 is 9.59 Å². The Balaban J connectivity index is 1.25. The van der Waals surface area contributed by atoms with Crippen LogP contribution in [0.2, 0.25) is 0 Å². The molecule has 0 aliphatic carbocycles. The number of carbonyl (C=O) groups is 2. The zero-order valence-electron chi connectivity index (χ0n) is 24.3. The zero-order chi connectivity index (χ0) is 28.2. The number of hydrogen-bond donors (Lipinski definition) is 1. The fraction of sp³-hybridized carbons (Fsp3) is 0.429. The van der Waals surface area contributed by atoms with Gasteiger partial charge in [0.2, 0.25) is 5.91 Å². The third-order valence-electron chi connectivity index (χ3n) is 7.68. The van der Waals surface area contributed by atoms with Crippen molar-refractivity contribution in [3.8, 4) is 0 Å². The van der Waals surface area contributed by atoms with Crippen LogP contribution >= 0.6 is 0 Å². The van der Waals surface area contributed by atoms with E-state index in [1.54, 1.807) is 11.0 Å². The second-order valence-electron chi connectivity index (χ2n) is 10.9. The molecule has 3 aromatic rings. The van der Waals surface area contributed by atoms with E-state index in [9.17, 15) is 9.59 Å². The molecule has 2 amide bonds. The van der Waals surface area contributed by atoms with E-state index in [1.807, 2.05) is 42.5 Å². The van der Waals surface area contributed by atoms with Gasteiger partial charge in [-0.25, -0.2) is 0 Å². The third-order valence-corrected chi connectivity index (χ3v) is 7.68. The van der Waals surface area contributed by atoms with Crippen molar-refractivity contribution in [2.45, 2.75) is 78.1 Å². The van der Waals surface area contributed by atoms with E-state index in [4.69, 9.17) is 0 Å². The molecule has 0 saturated carbocycles. The topological polar surface area (TPSA) is 52.7 Å². The maximum atomic E-state index is 13.6. The van der Waals surface area contributed by atoms with E-state index in [2.05, 4.69) is 48.3 Å². The lowest BCUT2D eigenvalue weighted by Crippen LogP contribution is -2.28. The van der Waals surface area contributed by atoms with Gasteiger partial charge in [-0.1, -0.05) is 88.1 Å². The van der Waals surface area contributed by atoms with Crippen molar-refractivity contribution >= 4 is 28.9 Å². The van der Waals surface area contributed by atoms with Gasteiger partial charge in [-0.05, 0) is 87.1 Å². The average Bonchev–Trinajstić information content (AvgIpc) is 3.09. The Bertz CT molecular complexity index is 1230. The molecule has 40 heavy (non-hydrogen) atoms. The van der Waals surface area contributed by atoms with Crippen LogP contribution in [0.5, 0.6) is 0 Å². The molecule has 0 atom stereocenters. The van der Waals surface area contributed by atoms with E-state index < -0.39 is 0 Å². The van der Waals surface area contributed by atoms with Crippen LogP contribution in [0.3, 0.4) is 0 Å². The molecule has 1 aliphatic rings. The molecule has 1 aliphatic heterocycles. The number of para-hydroxylation sites is 3. The minimum atomic E-state index is -0.201. The Morgan fingerprint density at radius 3 is 2.02 bits per heavy atom. The maximum absolute atomic E-state index is 13.6. The third kappa shape index (κ3) is 8.04. The summed E-state index contributed by atoms with van der Waals surface area (Å²) in [5.41, 5.74) is 4.76. The lowest BCUT2D eigenvalue weighted by atomic mass is 10.0. The first kappa shape index (κ1) is 29.5. The number of fused-ring (bicyclic) bond motifs is 2. The molecule has 212 valence electrons. The summed E-state index contributed by atoms with van der Waals surface area (Å²) in [5.74, 6) is -0.259. The van der Waals surface area contributed by atoms with Crippen molar-refractivity contribution in [2.75, 3.05) is 29.9 Å². The molecule has 5 nitrogen and oxygen atoms in total. The highest BCUT2D eigenvalue weighted by molar-refractivity contribution is 6.17. The van der Waals surface area contributed by atoms with E-state index in [-0.39, 0.29) is 18.2 Å². The normalized spacial score (nSPS) is 12.6. The van der Waals surface area contributed by atoms with Gasteiger partial charge in [0.15, 0.2) is 0 Å². The summed E-state index contributed by atoms with van der Waals surface area (Å²) in [6.45, 7) is 8.26. The number of anilines is 3. The fourth-order valence-corrected chi connectivity index (χ4v) is 5.64. The van der Waals surface area contributed by atoms with Gasteiger partial charge in [-0.3, -0.25) is 14.5 Å². The molecule has 4 rings (SSSR count). The molecular formula is C35H45N3O2. The van der Waals surface area contributed by atoms with Gasteiger partial charge in [0.1, 0.15) is 0 Å². The Morgan fingerprint density at radius 2 is 1.30 bits per heavy atom. The number of carbonyl (C=O) groups excluding carboxylic acids is 2. The van der Waals surface area contributed by atoms with Crippen LogP contribution in [-0.2, 0) is 17.6 Å². The number of benzene rings is 3. The molecule has 1 N–H and O–H groups in total. The molecular weight excluding hydrogens is 494 g/mol. The van der Waals surface area contributed by atoms with Crippen molar-refractivity contribution in [3.05, 3.63) is 89.5 Å². The summed E-state index contributed by atoms with van der Waals surface area (Å²) in [4.78, 5) is 30.8. The molecule has 0 bridgehead atoms. The molecule has 1 heterocycles. The molecule has 5 heteroatoms. The monoisotopic (exact) mass is 539 g/mol. The number of aryl methyl sites for hydroxylation is 1. The molecule has 3 aromatic carbocycles. The van der Waals surface area contributed by atoms with E-state index in [0.29, 0.717) is 22.6 Å². The fourth-order valence-electron chi connectivity index (χ4n) is 5.64. The quantitative estimate of drug-likeness (QED) is 0.198. The van der Waals surface area contributed by atoms with Crippen molar-refractivity contribution in [2.24, 2.45) is 0 Å². The Labute approximate surface area is 240 Å². The summed E-state index contributed by atoms with van der Waals surface area (Å²) in [7, 11) is 0. The Hall–Kier alpha value is -3.44. The van der Waals surface area contributed by atoms with Gasteiger partial charge < -0.3 is 10.2 Å². The Kier molecular flexibility index (Phi) is 11.4. The highest BCUT2D eigenvalue weighted by atomic mass is 16.2. The van der Waals surface area contributed by atoms with Gasteiger partial charge in [0, 0.05) is 0 Å². The van der Waals surface area contributed by atoms with Crippen LogP contribution in [0.15, 0.2) is 72.8 Å². The average molecular weight is 540 g/mol. The number of rotatable bonds is 15. The lowest BCUT2D eigenvalue weighted by Gasteiger charge is -2.24. The van der Waals surface area contributed by atoms with E-state index in [1.165, 1.54) is 76.6 Å². The van der Waals surface area contributed by atoms with Crippen LogP contribution in [0, 0.1) is 0 Å². The molecule has 0 aromatic heterocycles. The van der Waals surface area contributed by atoms with Gasteiger partial charge in [0.25, 0.3) is 5.91 Å². The minimum absolute atomic E-state index is 0.0586. The summed E-state index contributed by atoms with van der Waals surface area (Å²) < 4.78 is 0. The highest BCUT2D eigenvalue weighted by Crippen LogP contribution is 2.38. The van der Waals surface area contributed by atoms with Gasteiger partial charge in [0.05, 0.1) is 29.0 Å². The summed E-state index contributed by atoms with van der Waals surface area (Å²) in [5, 5.41) is 2.95. The number of unbranched alkanes of at least 4 members (excludes halogenated alkanes) is 5. The van der Waals surface area contributed by atoms with Crippen LogP contribution in [0.1, 0.15) is 86.7 Å². The lowest BCUT2D eigenvalue weighted by molar-refractivity contribution is -0.117. The zero-order valence-corrected chi connectivity index (χ0v) is 24.3. The first-order valence-corrected chi connectivity index (χ1v) is 15.2. The first-order valence-electron chi connectivity index (χ1n) is 15.2. The van der Waals surface area contributed by atoms with Gasteiger partial charge in [-0.15, -0.1) is 0 Å². The summed E-state index contributed by atoms with van der Waals surface area (Å²) >= 11 is 0. The van der Waals surface area contributed by atoms with Crippen LogP contribution in [0.25, 0.3) is 0 Å². The first-order chi connectivity index (χ1) is 19.6. The van der Waals surface area contributed by atoms with Crippen molar-refractivity contribution in [1.82, 2.24) is 4.90 Å². The molecule has 0 radical (unpaired) electrons. The van der Waals surface area contributed by atoms with Crippen molar-refractivity contribution in [1.29, 1.82) is 0 Å². The summed E-state index contributed by atoms with van der Waals surface area (Å²) in [6, 6.07) is 23.2. The van der Waals surface area contributed by atoms with E-state index in [0.717, 1.165) is 12.0 Å². The Morgan fingerprint density at radius 1 is 0.700 bits per heavy atom. The number of hydrogen-bond acceptors (Lipinski definition) is 3. The molecule has 0 saturated heterocycles. The minimum Gasteiger partial charge on any atom is -0.320 e. The predicted octanol–water partition coefficient (Wildman–Crippen LogP) is 8.16. The highest BCUT2D eigenvalue weighted by Gasteiger charge is 2.28. The number of nitrogens with zero attached hydrogens (tertiary/aromatic N) is 2. The van der Waals surface area contributed by atoms with Crippen LogP contribution < -0.4 is 10.2 Å². The second kappa shape index (κ2) is 15.4. The molecule has 0 fully saturated rings. The number of amides is 2. The van der Waals surface area contributed by atoms with Crippen LogP contribution in [-0.4, -0.2) is 36.3 Å². The maximum Gasteiger partial charge on any atom is 0.257 e. The van der Waals surface area contributed by atoms with Crippen molar-refractivity contribution in [3.63, 3.8) is 0 Å². The standard InChI is InChI=1S/C35H45N3O2/c1-3-24-37(25-4-2)26-14-8-6-5-7-9-15-28-20-22-29(23-21-28)27-34(39)38-32-18-12-10-16-30(32)35(40)36-31-17-11-13-19-33(31)38/h10-13,16-23H,3-9,14-15,24-27H2,1-2H3,(H,36,40). The predicted molar refractivity (Wildman–Crippen MR) is 167 cm³/mol. The van der Waals surface area contributed by atoms with Gasteiger partial charge >= 0.3 is 0 Å². The molecule has 0 unspecified atom stereocenters. The molecule has 0 spiro atoms. The number of nitrogens with one attached hydrogen (secondary N) is 1. The smallest absolute Gasteiger partial charge is 0.257 e. The second-order valence-corrected chi connectivity index (χ2v) is 10.9. The van der Waals surface area contributed by atoms with E-state index >= 15 is 0 Å². The van der Waals surface area contributed by atoms with Gasteiger partial charge in [-0.2, -0.15) is 0 Å². The largest absolute Gasteiger partial charge is 0.320 e. The SMILES string of the molecule is CCCN(CCC)CCCCCCCCc1ccc(CC(=O)N2c3ccccc3NC(=O)c3ccccc32)cc1. The van der Waals surface area contributed by atoms with Crippen LogP contribution in [0.4, 0.5) is 17.1 Å².